The summed E-state index contributed by atoms with van der Waals surface area (Å²) in [6.45, 7) is 2.14. The zero-order valence-corrected chi connectivity index (χ0v) is 16.9. The van der Waals surface area contributed by atoms with Gasteiger partial charge in [0.15, 0.2) is 0 Å². The minimum atomic E-state index is -0.170. The van der Waals surface area contributed by atoms with Crippen LogP contribution in [0.1, 0.15) is 44.2 Å². The summed E-state index contributed by atoms with van der Waals surface area (Å²) in [4.78, 5) is 9.12. The summed E-state index contributed by atoms with van der Waals surface area (Å²) in [6.07, 6.45) is 6.96. The molecule has 0 spiro atoms. The highest BCUT2D eigenvalue weighted by molar-refractivity contribution is 5.73. The molecule has 1 saturated carbocycles. The largest absolute Gasteiger partial charge is 0.393 e. The second-order valence-corrected chi connectivity index (χ2v) is 7.72. The molecule has 7 nitrogen and oxygen atoms in total. The number of benzene rings is 1. The quantitative estimate of drug-likeness (QED) is 0.592. The van der Waals surface area contributed by atoms with Crippen LogP contribution in [-0.2, 0) is 7.05 Å². The summed E-state index contributed by atoms with van der Waals surface area (Å²) < 4.78 is 1.84. The van der Waals surface area contributed by atoms with Crippen LogP contribution >= 0.6 is 0 Å². The number of aromatic nitrogens is 4. The Morgan fingerprint density at radius 3 is 2.62 bits per heavy atom. The number of aliphatic hydroxyl groups is 1. The molecule has 0 amide bonds. The van der Waals surface area contributed by atoms with E-state index in [0.717, 1.165) is 42.8 Å². The molecule has 3 N–H and O–H groups in total. The van der Waals surface area contributed by atoms with Gasteiger partial charge in [-0.1, -0.05) is 30.3 Å². The Morgan fingerprint density at radius 1 is 1.10 bits per heavy atom. The predicted molar refractivity (Wildman–Crippen MR) is 115 cm³/mol. The first-order valence-corrected chi connectivity index (χ1v) is 10.2. The van der Waals surface area contributed by atoms with E-state index in [1.165, 1.54) is 5.56 Å². The first kappa shape index (κ1) is 19.4. The van der Waals surface area contributed by atoms with Gasteiger partial charge in [-0.15, -0.1) is 0 Å². The number of anilines is 2. The second-order valence-electron chi connectivity index (χ2n) is 7.72. The molecule has 1 aliphatic rings. The Kier molecular flexibility index (Phi) is 5.76. The third-order valence-electron chi connectivity index (χ3n) is 5.55. The molecule has 4 rings (SSSR count). The Hall–Kier alpha value is -2.93. The molecule has 0 bridgehead atoms. The Bertz CT molecular complexity index is 933. The van der Waals surface area contributed by atoms with Crippen molar-refractivity contribution in [2.75, 3.05) is 10.6 Å². The monoisotopic (exact) mass is 392 g/mol. The van der Waals surface area contributed by atoms with E-state index in [4.69, 9.17) is 4.98 Å². The molecule has 1 aromatic carbocycles. The zero-order valence-electron chi connectivity index (χ0n) is 16.9. The van der Waals surface area contributed by atoms with Crippen LogP contribution in [0.15, 0.2) is 48.8 Å². The highest BCUT2D eigenvalue weighted by Gasteiger charge is 2.20. The lowest BCUT2D eigenvalue weighted by Crippen LogP contribution is -2.28. The van der Waals surface area contributed by atoms with E-state index in [1.807, 2.05) is 42.2 Å². The van der Waals surface area contributed by atoms with Crippen LogP contribution in [-0.4, -0.2) is 37.0 Å². The van der Waals surface area contributed by atoms with E-state index in [0.29, 0.717) is 12.0 Å². The molecule has 2 aromatic heterocycles. The number of aryl methyl sites for hydroxylation is 1. The average molecular weight is 393 g/mol. The van der Waals surface area contributed by atoms with E-state index in [2.05, 4.69) is 39.8 Å². The maximum atomic E-state index is 9.70. The fraction of sp³-hybridized carbons (Fsp3) is 0.409. The highest BCUT2D eigenvalue weighted by Crippen LogP contribution is 2.30. The Labute approximate surface area is 171 Å². The third kappa shape index (κ3) is 4.56. The fourth-order valence-corrected chi connectivity index (χ4v) is 3.81. The molecular formula is C22H28N6O. The summed E-state index contributed by atoms with van der Waals surface area (Å²) in [6, 6.07) is 12.7. The number of aliphatic hydroxyl groups excluding tert-OH is 1. The molecule has 1 fully saturated rings. The van der Waals surface area contributed by atoms with E-state index in [-0.39, 0.29) is 12.1 Å². The van der Waals surface area contributed by atoms with Crippen LogP contribution in [0, 0.1) is 0 Å². The number of hydrogen-bond donors (Lipinski definition) is 3. The molecule has 0 radical (unpaired) electrons. The van der Waals surface area contributed by atoms with Gasteiger partial charge >= 0.3 is 0 Å². The summed E-state index contributed by atoms with van der Waals surface area (Å²) in [5.41, 5.74) is 2.98. The molecule has 2 heterocycles. The summed E-state index contributed by atoms with van der Waals surface area (Å²) in [7, 11) is 1.93. The number of rotatable bonds is 6. The van der Waals surface area contributed by atoms with E-state index in [9.17, 15) is 5.11 Å². The van der Waals surface area contributed by atoms with Crippen LogP contribution < -0.4 is 10.6 Å². The van der Waals surface area contributed by atoms with Crippen LogP contribution in [0.25, 0.3) is 11.3 Å². The molecule has 3 aromatic rings. The smallest absolute Gasteiger partial charge is 0.223 e. The van der Waals surface area contributed by atoms with Crippen molar-refractivity contribution in [2.24, 2.45) is 7.05 Å². The third-order valence-corrected chi connectivity index (χ3v) is 5.55. The van der Waals surface area contributed by atoms with Crippen molar-refractivity contribution in [1.29, 1.82) is 0 Å². The summed E-state index contributed by atoms with van der Waals surface area (Å²) >= 11 is 0. The van der Waals surface area contributed by atoms with Gasteiger partial charge in [-0.05, 0) is 44.2 Å². The average Bonchev–Trinajstić information content (AvgIpc) is 3.11. The normalized spacial score (nSPS) is 20.2. The van der Waals surface area contributed by atoms with Crippen molar-refractivity contribution in [3.05, 3.63) is 54.4 Å². The second kappa shape index (κ2) is 8.61. The topological polar surface area (TPSA) is 87.9 Å². The van der Waals surface area contributed by atoms with Gasteiger partial charge in [0.2, 0.25) is 5.95 Å². The molecule has 0 unspecified atom stereocenters. The van der Waals surface area contributed by atoms with Gasteiger partial charge in [0, 0.05) is 25.3 Å². The maximum Gasteiger partial charge on any atom is 0.223 e. The minimum absolute atomic E-state index is 0.137. The van der Waals surface area contributed by atoms with Crippen molar-refractivity contribution in [3.63, 3.8) is 0 Å². The summed E-state index contributed by atoms with van der Waals surface area (Å²) in [5.74, 6) is 1.54. The van der Waals surface area contributed by atoms with Gasteiger partial charge in [0.1, 0.15) is 5.82 Å². The van der Waals surface area contributed by atoms with Gasteiger partial charge in [-0.3, -0.25) is 4.68 Å². The van der Waals surface area contributed by atoms with Crippen molar-refractivity contribution >= 4 is 11.8 Å². The lowest BCUT2D eigenvalue weighted by Gasteiger charge is -2.26. The van der Waals surface area contributed by atoms with Crippen LogP contribution in [0.3, 0.4) is 0 Å². The first-order valence-electron chi connectivity index (χ1n) is 10.2. The molecule has 1 aliphatic carbocycles. The van der Waals surface area contributed by atoms with Crippen molar-refractivity contribution in [1.82, 2.24) is 19.7 Å². The lowest BCUT2D eigenvalue weighted by atomic mass is 9.93. The molecule has 0 saturated heterocycles. The van der Waals surface area contributed by atoms with Gasteiger partial charge in [0.25, 0.3) is 0 Å². The van der Waals surface area contributed by atoms with E-state index in [1.54, 1.807) is 6.20 Å². The molecule has 7 heteroatoms. The van der Waals surface area contributed by atoms with Crippen molar-refractivity contribution < 1.29 is 5.11 Å². The van der Waals surface area contributed by atoms with Gasteiger partial charge in [-0.2, -0.15) is 5.10 Å². The molecule has 1 atom stereocenters. The van der Waals surface area contributed by atoms with Crippen molar-refractivity contribution in [2.45, 2.75) is 50.8 Å². The van der Waals surface area contributed by atoms with Crippen LogP contribution in [0.4, 0.5) is 11.8 Å². The Balaban J connectivity index is 1.53. The molecular weight excluding hydrogens is 364 g/mol. The van der Waals surface area contributed by atoms with Gasteiger partial charge < -0.3 is 15.7 Å². The fourth-order valence-electron chi connectivity index (χ4n) is 3.81. The van der Waals surface area contributed by atoms with Crippen LogP contribution in [0.5, 0.6) is 0 Å². The summed E-state index contributed by atoms with van der Waals surface area (Å²) in [5, 5.41) is 21.1. The lowest BCUT2D eigenvalue weighted by molar-refractivity contribution is 0.126. The van der Waals surface area contributed by atoms with Crippen LogP contribution in [0.2, 0.25) is 0 Å². The molecule has 0 aliphatic heterocycles. The van der Waals surface area contributed by atoms with Crippen molar-refractivity contribution in [3.8, 4) is 11.3 Å². The standard InChI is InChI=1S/C22H28N6O/c1-15(16-6-4-3-5-7-16)25-21-19(14-24-28(21)2)20-12-13-23-22(27-20)26-17-8-10-18(29)11-9-17/h3-7,12-15,17-18,25,29H,8-11H2,1-2H3,(H,23,26,27)/t15-,17?,18?/m1/s1. The zero-order chi connectivity index (χ0) is 20.2. The van der Waals surface area contributed by atoms with Gasteiger partial charge in [-0.25, -0.2) is 9.97 Å². The predicted octanol–water partition coefficient (Wildman–Crippen LogP) is 3.77. The SMILES string of the molecule is C[C@@H](Nc1c(-c2ccnc(NC3CCC(O)CC3)n2)cnn1C)c1ccccc1. The van der Waals surface area contributed by atoms with E-state index < -0.39 is 0 Å². The first-order chi connectivity index (χ1) is 14.1. The number of nitrogens with zero attached hydrogens (tertiary/aromatic N) is 4. The number of nitrogens with one attached hydrogen (secondary N) is 2. The van der Waals surface area contributed by atoms with Gasteiger partial charge in [0.05, 0.1) is 23.6 Å². The number of hydrogen-bond acceptors (Lipinski definition) is 6. The molecule has 29 heavy (non-hydrogen) atoms. The Morgan fingerprint density at radius 2 is 1.86 bits per heavy atom. The van der Waals surface area contributed by atoms with E-state index >= 15 is 0 Å². The minimum Gasteiger partial charge on any atom is -0.393 e. The highest BCUT2D eigenvalue weighted by atomic mass is 16.3. The maximum absolute atomic E-state index is 9.70. The molecule has 152 valence electrons.